The molecule has 0 radical (unpaired) electrons. The van der Waals surface area contributed by atoms with Crippen LogP contribution in [0.25, 0.3) is 0 Å². The molecule has 0 spiro atoms. The van der Waals surface area contributed by atoms with Crippen molar-refractivity contribution in [2.75, 3.05) is 37.0 Å². The van der Waals surface area contributed by atoms with Gasteiger partial charge in [-0.3, -0.25) is 4.79 Å². The highest BCUT2D eigenvalue weighted by Crippen LogP contribution is 2.25. The van der Waals surface area contributed by atoms with Crippen molar-refractivity contribution in [1.82, 2.24) is 24.8 Å². The Balaban J connectivity index is 1.38. The molecule has 9 nitrogen and oxygen atoms in total. The molecule has 2 atom stereocenters. The summed E-state index contributed by atoms with van der Waals surface area (Å²) in [4.78, 5) is 29.6. The minimum atomic E-state index is -0.435. The number of fused-ring (bicyclic) bond motifs is 1. The van der Waals surface area contributed by atoms with Crippen molar-refractivity contribution >= 4 is 17.5 Å². The molecule has 0 unspecified atom stereocenters. The maximum atomic E-state index is 12.5. The Kier molecular flexibility index (Phi) is 5.66. The van der Waals surface area contributed by atoms with Gasteiger partial charge in [-0.15, -0.1) is 0 Å². The topological polar surface area (TPSA) is 99.4 Å². The third-order valence-corrected chi connectivity index (χ3v) is 5.74. The number of aliphatic hydroxyl groups excluding tert-OH is 1. The Morgan fingerprint density at radius 1 is 1.28 bits per heavy atom. The number of aromatic nitrogens is 4. The van der Waals surface area contributed by atoms with Crippen molar-refractivity contribution in [1.29, 1.82) is 0 Å². The Morgan fingerprint density at radius 3 is 2.93 bits per heavy atom. The lowest BCUT2D eigenvalue weighted by Crippen LogP contribution is -2.41. The minimum Gasteiger partial charge on any atom is -0.391 e. The number of aryl methyl sites for hydroxylation is 1. The van der Waals surface area contributed by atoms with Gasteiger partial charge in [0.05, 0.1) is 24.2 Å². The normalized spacial score (nSPS) is 21.1. The van der Waals surface area contributed by atoms with E-state index in [-0.39, 0.29) is 18.5 Å². The van der Waals surface area contributed by atoms with Crippen LogP contribution in [0.1, 0.15) is 30.7 Å². The molecular weight excluding hydrogens is 370 g/mol. The first kappa shape index (κ1) is 19.6. The van der Waals surface area contributed by atoms with Crippen LogP contribution in [0.5, 0.6) is 0 Å². The number of β-amino-alcohol motifs (C(OH)–C–C–N with tert-alkyl or cyclic N) is 1. The molecule has 1 saturated heterocycles. The zero-order chi connectivity index (χ0) is 20.4. The maximum Gasteiger partial charge on any atom is 0.240 e. The van der Waals surface area contributed by atoms with Gasteiger partial charge in [-0.05, 0) is 32.1 Å². The quantitative estimate of drug-likeness (QED) is 0.724. The van der Waals surface area contributed by atoms with Crippen LogP contribution in [0.15, 0.2) is 18.7 Å². The van der Waals surface area contributed by atoms with Crippen LogP contribution < -0.4 is 15.1 Å². The molecule has 1 aliphatic heterocycles. The lowest BCUT2D eigenvalue weighted by Gasteiger charge is -2.26. The average molecular weight is 399 g/mol. The number of anilines is 2. The molecule has 1 fully saturated rings. The van der Waals surface area contributed by atoms with E-state index in [2.05, 4.69) is 25.2 Å². The molecule has 3 heterocycles. The largest absolute Gasteiger partial charge is 0.391 e. The Labute approximate surface area is 170 Å². The Bertz CT molecular complexity index is 866. The van der Waals surface area contributed by atoms with E-state index in [0.29, 0.717) is 19.5 Å². The zero-order valence-corrected chi connectivity index (χ0v) is 17.1. The predicted octanol–water partition coefficient (Wildman–Crippen LogP) is 0.374. The number of rotatable bonds is 6. The van der Waals surface area contributed by atoms with Crippen LogP contribution in [0, 0.1) is 0 Å². The number of imidazole rings is 1. The maximum absolute atomic E-state index is 12.5. The second-order valence-corrected chi connectivity index (χ2v) is 8.10. The molecule has 2 aliphatic rings. The Hall–Kier alpha value is -2.68. The van der Waals surface area contributed by atoms with Crippen LogP contribution in [0.4, 0.5) is 11.6 Å². The van der Waals surface area contributed by atoms with Crippen molar-refractivity contribution in [2.45, 2.75) is 50.8 Å². The van der Waals surface area contributed by atoms with Gasteiger partial charge in [0.15, 0.2) is 0 Å². The molecule has 0 bridgehead atoms. The number of amides is 1. The number of hydrogen-bond donors (Lipinski definition) is 2. The van der Waals surface area contributed by atoms with E-state index in [4.69, 9.17) is 0 Å². The third-order valence-electron chi connectivity index (χ3n) is 5.74. The summed E-state index contributed by atoms with van der Waals surface area (Å²) in [7, 11) is 3.86. The number of nitrogens with one attached hydrogen (secondary N) is 1. The van der Waals surface area contributed by atoms with E-state index < -0.39 is 6.10 Å². The lowest BCUT2D eigenvalue weighted by molar-refractivity contribution is -0.121. The molecular formula is C20H29N7O2. The van der Waals surface area contributed by atoms with Gasteiger partial charge in [-0.1, -0.05) is 0 Å². The molecule has 2 aromatic rings. The van der Waals surface area contributed by atoms with E-state index in [1.54, 1.807) is 6.33 Å². The van der Waals surface area contributed by atoms with E-state index in [1.165, 1.54) is 18.4 Å². The molecule has 9 heteroatoms. The van der Waals surface area contributed by atoms with Gasteiger partial charge in [-0.25, -0.2) is 15.0 Å². The molecule has 29 heavy (non-hydrogen) atoms. The summed E-state index contributed by atoms with van der Waals surface area (Å²) >= 11 is 0. The summed E-state index contributed by atoms with van der Waals surface area (Å²) in [5.41, 5.74) is 2.33. The molecule has 2 aromatic heterocycles. The van der Waals surface area contributed by atoms with Gasteiger partial charge in [0.25, 0.3) is 0 Å². The van der Waals surface area contributed by atoms with Crippen LogP contribution in [0.3, 0.4) is 0 Å². The van der Waals surface area contributed by atoms with E-state index in [1.807, 2.05) is 29.6 Å². The number of hydrogen-bond acceptors (Lipinski definition) is 7. The molecule has 1 aliphatic carbocycles. The second-order valence-electron chi connectivity index (χ2n) is 8.10. The molecule has 0 aromatic carbocycles. The Morgan fingerprint density at radius 2 is 2.10 bits per heavy atom. The lowest BCUT2D eigenvalue weighted by atomic mass is 10.0. The first-order valence-corrected chi connectivity index (χ1v) is 10.2. The van der Waals surface area contributed by atoms with Crippen molar-refractivity contribution in [2.24, 2.45) is 0 Å². The van der Waals surface area contributed by atoms with Gasteiger partial charge < -0.3 is 24.8 Å². The molecule has 156 valence electrons. The predicted molar refractivity (Wildman–Crippen MR) is 110 cm³/mol. The SMILES string of the molecule is CN(C)c1cc(N2C[C@H](O)C[C@@H]2CNC(=O)Cn2cnc3c2CCCC3)ncn1. The summed E-state index contributed by atoms with van der Waals surface area (Å²) < 4.78 is 1.97. The van der Waals surface area contributed by atoms with E-state index >= 15 is 0 Å². The van der Waals surface area contributed by atoms with Gasteiger partial charge >= 0.3 is 0 Å². The molecule has 0 saturated carbocycles. The fraction of sp³-hybridized carbons (Fsp3) is 0.600. The highest BCUT2D eigenvalue weighted by atomic mass is 16.3. The number of nitrogens with zero attached hydrogens (tertiary/aromatic N) is 6. The number of aliphatic hydroxyl groups is 1. The van der Waals surface area contributed by atoms with Crippen LogP contribution in [0.2, 0.25) is 0 Å². The van der Waals surface area contributed by atoms with Crippen molar-refractivity contribution in [3.63, 3.8) is 0 Å². The van der Waals surface area contributed by atoms with Crippen LogP contribution >= 0.6 is 0 Å². The van der Waals surface area contributed by atoms with Gasteiger partial charge in [0.2, 0.25) is 5.91 Å². The highest BCUT2D eigenvalue weighted by molar-refractivity contribution is 5.76. The molecule has 1 amide bonds. The van der Waals surface area contributed by atoms with Crippen molar-refractivity contribution in [3.05, 3.63) is 30.1 Å². The first-order valence-electron chi connectivity index (χ1n) is 10.2. The van der Waals surface area contributed by atoms with Crippen molar-refractivity contribution in [3.8, 4) is 0 Å². The van der Waals surface area contributed by atoms with Gasteiger partial charge in [0.1, 0.15) is 24.5 Å². The molecule has 2 N–H and O–H groups in total. The average Bonchev–Trinajstić information content (AvgIpc) is 3.30. The summed E-state index contributed by atoms with van der Waals surface area (Å²) in [5, 5.41) is 13.2. The fourth-order valence-corrected chi connectivity index (χ4v) is 4.21. The monoisotopic (exact) mass is 399 g/mol. The number of carbonyl (C=O) groups excluding carboxylic acids is 1. The highest BCUT2D eigenvalue weighted by Gasteiger charge is 2.32. The number of carbonyl (C=O) groups is 1. The third kappa shape index (κ3) is 4.34. The van der Waals surface area contributed by atoms with Crippen LogP contribution in [-0.4, -0.2) is 69.9 Å². The standard InChI is InChI=1S/C20H29N7O2/c1-25(2)18-8-19(23-12-22-18)27-10-15(28)7-14(27)9-21-20(29)11-26-13-24-16-5-3-4-6-17(16)26/h8,12-15,28H,3-7,9-11H2,1-2H3,(H,21,29)/t14-,15-/m1/s1. The van der Waals surface area contributed by atoms with E-state index in [0.717, 1.165) is 36.6 Å². The summed E-state index contributed by atoms with van der Waals surface area (Å²) in [5.74, 6) is 1.54. The first-order chi connectivity index (χ1) is 14.0. The minimum absolute atomic E-state index is 0.00411. The van der Waals surface area contributed by atoms with E-state index in [9.17, 15) is 9.90 Å². The zero-order valence-electron chi connectivity index (χ0n) is 17.1. The molecule has 4 rings (SSSR count). The van der Waals surface area contributed by atoms with Crippen LogP contribution in [-0.2, 0) is 24.2 Å². The second kappa shape index (κ2) is 8.36. The van der Waals surface area contributed by atoms with Gasteiger partial charge in [-0.2, -0.15) is 0 Å². The smallest absolute Gasteiger partial charge is 0.240 e. The van der Waals surface area contributed by atoms with Crippen molar-refractivity contribution < 1.29 is 9.90 Å². The fourth-order valence-electron chi connectivity index (χ4n) is 4.21. The summed E-state index contributed by atoms with van der Waals surface area (Å²) in [6, 6.07) is 1.90. The summed E-state index contributed by atoms with van der Waals surface area (Å²) in [6.07, 6.45) is 7.81. The summed E-state index contributed by atoms with van der Waals surface area (Å²) in [6.45, 7) is 1.25. The van der Waals surface area contributed by atoms with Gasteiger partial charge in [0, 0.05) is 38.9 Å².